The Morgan fingerprint density at radius 3 is 2.64 bits per heavy atom. The van der Waals surface area contributed by atoms with Crippen molar-refractivity contribution >= 4 is 11.2 Å². The lowest BCUT2D eigenvalue weighted by molar-refractivity contribution is 0.155. The predicted molar refractivity (Wildman–Crippen MR) is 128 cm³/mol. The quantitative estimate of drug-likeness (QED) is 0.473. The summed E-state index contributed by atoms with van der Waals surface area (Å²) < 4.78 is 5.91. The van der Waals surface area contributed by atoms with Gasteiger partial charge in [0.1, 0.15) is 5.82 Å². The number of aromatic amines is 1. The Balaban J connectivity index is 1.59. The molecule has 4 aromatic rings. The van der Waals surface area contributed by atoms with E-state index < -0.39 is 5.69 Å². The van der Waals surface area contributed by atoms with Crippen molar-refractivity contribution in [2.75, 3.05) is 6.54 Å². The second kappa shape index (κ2) is 8.86. The molecule has 1 N–H and O–H groups in total. The third-order valence-electron chi connectivity index (χ3n) is 6.70. The Kier molecular flexibility index (Phi) is 5.76. The van der Waals surface area contributed by atoms with E-state index >= 15 is 0 Å². The summed E-state index contributed by atoms with van der Waals surface area (Å²) in [6.07, 6.45) is 4.07. The van der Waals surface area contributed by atoms with Crippen LogP contribution in [0.25, 0.3) is 11.2 Å². The van der Waals surface area contributed by atoms with Crippen LogP contribution in [0.2, 0.25) is 0 Å². The van der Waals surface area contributed by atoms with Crippen molar-refractivity contribution in [3.63, 3.8) is 0 Å². The molecule has 3 aromatic heterocycles. The molecule has 0 radical (unpaired) electrons. The van der Waals surface area contributed by atoms with Gasteiger partial charge in [-0.1, -0.05) is 43.7 Å². The first-order valence-corrected chi connectivity index (χ1v) is 11.7. The van der Waals surface area contributed by atoms with Crippen molar-refractivity contribution in [2.45, 2.75) is 58.9 Å². The van der Waals surface area contributed by atoms with Gasteiger partial charge in [0.05, 0.1) is 13.1 Å². The lowest BCUT2D eigenvalue weighted by atomic mass is 10.1. The van der Waals surface area contributed by atoms with Crippen LogP contribution in [0.3, 0.4) is 0 Å². The molecule has 8 nitrogen and oxygen atoms in total. The smallest absolute Gasteiger partial charge is 0.330 e. The van der Waals surface area contributed by atoms with E-state index in [0.29, 0.717) is 30.8 Å². The van der Waals surface area contributed by atoms with E-state index in [9.17, 15) is 9.59 Å². The Hall–Kier alpha value is -3.39. The second-order valence-electron chi connectivity index (χ2n) is 8.81. The summed E-state index contributed by atoms with van der Waals surface area (Å²) in [4.78, 5) is 35.6. The molecule has 1 aliphatic heterocycles. The van der Waals surface area contributed by atoms with Gasteiger partial charge in [-0.3, -0.25) is 19.2 Å². The molecule has 0 bridgehead atoms. The van der Waals surface area contributed by atoms with Crippen LogP contribution >= 0.6 is 0 Å². The van der Waals surface area contributed by atoms with E-state index in [2.05, 4.69) is 46.6 Å². The highest BCUT2D eigenvalue weighted by atomic mass is 16.2. The van der Waals surface area contributed by atoms with Crippen LogP contribution in [-0.4, -0.2) is 35.1 Å². The number of fused-ring (bicyclic) bond motifs is 2. The second-order valence-corrected chi connectivity index (χ2v) is 8.81. The standard InChI is InChI=1S/C25H30N6O2/c1-3-4-13-30-21(17-29-15-14-28-12-8-11-20(28)18(29)2)26-23-22(30)24(32)27-25(33)31(23)16-19-9-6-5-7-10-19/h5-12,18H,3-4,13-17H2,1-2H3,(H,27,32,33)/t18-/m1/s1. The van der Waals surface area contributed by atoms with Gasteiger partial charge in [0.15, 0.2) is 11.2 Å². The van der Waals surface area contributed by atoms with Crippen LogP contribution in [0.4, 0.5) is 0 Å². The van der Waals surface area contributed by atoms with Crippen molar-refractivity contribution in [3.05, 3.63) is 86.6 Å². The van der Waals surface area contributed by atoms with Gasteiger partial charge in [0.2, 0.25) is 0 Å². The number of hydrogen-bond acceptors (Lipinski definition) is 4. The molecule has 172 valence electrons. The van der Waals surface area contributed by atoms with Crippen molar-refractivity contribution in [1.29, 1.82) is 0 Å². The van der Waals surface area contributed by atoms with Crippen LogP contribution in [0.1, 0.15) is 49.8 Å². The maximum atomic E-state index is 12.9. The lowest BCUT2D eigenvalue weighted by Crippen LogP contribution is -2.36. The molecule has 0 fully saturated rings. The highest BCUT2D eigenvalue weighted by molar-refractivity contribution is 5.71. The topological polar surface area (TPSA) is 80.8 Å². The minimum atomic E-state index is -0.424. The molecule has 0 aliphatic carbocycles. The normalized spacial score (nSPS) is 16.4. The van der Waals surface area contributed by atoms with Crippen molar-refractivity contribution in [1.82, 2.24) is 28.6 Å². The Bertz CT molecular complexity index is 1380. The summed E-state index contributed by atoms with van der Waals surface area (Å²) in [6, 6.07) is 14.3. The summed E-state index contributed by atoms with van der Waals surface area (Å²) in [6.45, 7) is 7.88. The van der Waals surface area contributed by atoms with Crippen molar-refractivity contribution in [2.24, 2.45) is 0 Å². The monoisotopic (exact) mass is 446 g/mol. The van der Waals surface area contributed by atoms with E-state index in [1.165, 1.54) is 5.69 Å². The largest absolute Gasteiger partial charge is 0.349 e. The van der Waals surface area contributed by atoms with Gasteiger partial charge >= 0.3 is 5.69 Å². The van der Waals surface area contributed by atoms with Crippen molar-refractivity contribution in [3.8, 4) is 0 Å². The first kappa shape index (κ1) is 21.5. The average molecular weight is 447 g/mol. The lowest BCUT2D eigenvalue weighted by Gasteiger charge is -2.34. The number of aryl methyl sites for hydroxylation is 1. The fourth-order valence-corrected chi connectivity index (χ4v) is 4.83. The zero-order valence-electron chi connectivity index (χ0n) is 19.2. The zero-order valence-corrected chi connectivity index (χ0v) is 19.2. The van der Waals surface area contributed by atoms with Crippen LogP contribution in [0, 0.1) is 0 Å². The maximum absolute atomic E-state index is 12.9. The van der Waals surface area contributed by atoms with E-state index in [-0.39, 0.29) is 11.6 Å². The van der Waals surface area contributed by atoms with E-state index in [1.807, 2.05) is 34.9 Å². The molecule has 8 heteroatoms. The number of hydrogen-bond donors (Lipinski definition) is 1. The summed E-state index contributed by atoms with van der Waals surface area (Å²) in [7, 11) is 0. The molecule has 0 saturated heterocycles. The molecule has 33 heavy (non-hydrogen) atoms. The fraction of sp³-hybridized carbons (Fsp3) is 0.400. The average Bonchev–Trinajstić information content (AvgIpc) is 3.43. The van der Waals surface area contributed by atoms with Gasteiger partial charge in [0.25, 0.3) is 5.56 Å². The zero-order chi connectivity index (χ0) is 22.9. The number of H-pyrrole nitrogens is 1. The summed E-state index contributed by atoms with van der Waals surface area (Å²) in [5.41, 5.74) is 2.44. The van der Waals surface area contributed by atoms with Gasteiger partial charge in [-0.2, -0.15) is 0 Å². The van der Waals surface area contributed by atoms with Crippen LogP contribution in [0.5, 0.6) is 0 Å². The minimum absolute atomic E-state index is 0.248. The summed E-state index contributed by atoms with van der Waals surface area (Å²) >= 11 is 0. The van der Waals surface area contributed by atoms with Gasteiger partial charge in [-0.05, 0) is 31.0 Å². The Morgan fingerprint density at radius 2 is 1.85 bits per heavy atom. The molecule has 1 aromatic carbocycles. The number of rotatable bonds is 7. The van der Waals surface area contributed by atoms with Crippen LogP contribution in [-0.2, 0) is 26.2 Å². The number of benzene rings is 1. The van der Waals surface area contributed by atoms with Crippen LogP contribution in [0.15, 0.2) is 58.3 Å². The summed E-state index contributed by atoms with van der Waals surface area (Å²) in [5, 5.41) is 0. The molecule has 5 rings (SSSR count). The number of unbranched alkanes of at least 4 members (excludes halogenated alkanes) is 1. The van der Waals surface area contributed by atoms with E-state index in [1.54, 1.807) is 4.57 Å². The third-order valence-corrected chi connectivity index (χ3v) is 6.70. The minimum Gasteiger partial charge on any atom is -0.349 e. The number of imidazole rings is 1. The third kappa shape index (κ3) is 3.95. The van der Waals surface area contributed by atoms with E-state index in [0.717, 1.165) is 37.3 Å². The molecule has 1 atom stereocenters. The van der Waals surface area contributed by atoms with Gasteiger partial charge in [-0.25, -0.2) is 9.78 Å². The molecule has 1 aliphatic rings. The first-order valence-electron chi connectivity index (χ1n) is 11.7. The highest BCUT2D eigenvalue weighted by Gasteiger charge is 2.26. The van der Waals surface area contributed by atoms with Gasteiger partial charge in [-0.15, -0.1) is 0 Å². The predicted octanol–water partition coefficient (Wildman–Crippen LogP) is 3.11. The Labute approximate surface area is 192 Å². The molecular formula is C25H30N6O2. The molecule has 0 saturated carbocycles. The van der Waals surface area contributed by atoms with Gasteiger partial charge < -0.3 is 9.13 Å². The molecule has 0 amide bonds. The molecule has 0 spiro atoms. The highest BCUT2D eigenvalue weighted by Crippen LogP contribution is 2.27. The summed E-state index contributed by atoms with van der Waals surface area (Å²) in [5.74, 6) is 0.836. The van der Waals surface area contributed by atoms with Crippen LogP contribution < -0.4 is 11.2 Å². The maximum Gasteiger partial charge on any atom is 0.330 e. The van der Waals surface area contributed by atoms with E-state index in [4.69, 9.17) is 4.98 Å². The number of nitrogens with zero attached hydrogens (tertiary/aromatic N) is 5. The first-order chi connectivity index (χ1) is 16.1. The molecule has 4 heterocycles. The molecular weight excluding hydrogens is 416 g/mol. The molecule has 0 unspecified atom stereocenters. The number of nitrogens with one attached hydrogen (secondary N) is 1. The van der Waals surface area contributed by atoms with Crippen molar-refractivity contribution < 1.29 is 0 Å². The fourth-order valence-electron chi connectivity index (χ4n) is 4.83. The Morgan fingerprint density at radius 1 is 1.03 bits per heavy atom. The van der Waals surface area contributed by atoms with Gasteiger partial charge in [0, 0.05) is 37.6 Å². The number of aromatic nitrogens is 5. The SMILES string of the molecule is CCCCn1c(CN2CCn3cccc3[C@H]2C)nc2c1c(=O)[nH]c(=O)n2Cc1ccccc1.